The van der Waals surface area contributed by atoms with E-state index in [4.69, 9.17) is 14.9 Å². The number of benzene rings is 2. The largest absolute Gasteiger partial charge is 0.507 e. The number of aromatic hydroxyl groups is 1. The van der Waals surface area contributed by atoms with Crippen molar-refractivity contribution < 1.29 is 14.6 Å². The van der Waals surface area contributed by atoms with Crippen LogP contribution in [0.3, 0.4) is 0 Å². The first kappa shape index (κ1) is 18.8. The van der Waals surface area contributed by atoms with Crippen LogP contribution in [-0.2, 0) is 6.42 Å². The number of rotatable bonds is 6. The maximum Gasteiger partial charge on any atom is 0.160 e. The van der Waals surface area contributed by atoms with Gasteiger partial charge in [0.1, 0.15) is 11.6 Å². The zero-order valence-electron chi connectivity index (χ0n) is 15.9. The van der Waals surface area contributed by atoms with E-state index in [0.29, 0.717) is 36.7 Å². The summed E-state index contributed by atoms with van der Waals surface area (Å²) in [5.74, 6) is 2.22. The van der Waals surface area contributed by atoms with Crippen molar-refractivity contribution in [2.45, 2.75) is 19.8 Å². The molecule has 0 aliphatic carbocycles. The number of phenols is 1. The predicted octanol–water partition coefficient (Wildman–Crippen LogP) is 3.68. The van der Waals surface area contributed by atoms with Gasteiger partial charge in [0, 0.05) is 17.9 Å². The number of methoxy groups -OCH3 is 2. The van der Waals surface area contributed by atoms with Crippen molar-refractivity contribution in [3.63, 3.8) is 0 Å². The van der Waals surface area contributed by atoms with E-state index in [0.717, 1.165) is 16.8 Å². The van der Waals surface area contributed by atoms with Gasteiger partial charge in [-0.2, -0.15) is 5.10 Å². The van der Waals surface area contributed by atoms with E-state index >= 15 is 0 Å². The Kier molecular flexibility index (Phi) is 5.64. The van der Waals surface area contributed by atoms with Crippen molar-refractivity contribution in [2.75, 3.05) is 20.8 Å². The molecule has 1 aliphatic heterocycles. The fourth-order valence-corrected chi connectivity index (χ4v) is 3.22. The number of hydrogen-bond donors (Lipinski definition) is 2. The van der Waals surface area contributed by atoms with Gasteiger partial charge in [-0.05, 0) is 36.2 Å². The van der Waals surface area contributed by atoms with Crippen molar-refractivity contribution in [1.82, 2.24) is 5.01 Å². The van der Waals surface area contributed by atoms with Crippen molar-refractivity contribution in [3.8, 4) is 17.2 Å². The molecule has 0 bridgehead atoms. The van der Waals surface area contributed by atoms with Crippen LogP contribution in [0.5, 0.6) is 17.2 Å². The smallest absolute Gasteiger partial charge is 0.160 e. The Morgan fingerprint density at radius 3 is 2.63 bits per heavy atom. The molecule has 0 radical (unpaired) electrons. The molecule has 0 fully saturated rings. The van der Waals surface area contributed by atoms with Gasteiger partial charge in [-0.15, -0.1) is 0 Å². The highest BCUT2D eigenvalue weighted by Crippen LogP contribution is 2.29. The zero-order valence-corrected chi connectivity index (χ0v) is 15.9. The maximum absolute atomic E-state index is 10.1. The van der Waals surface area contributed by atoms with Crippen LogP contribution in [0.25, 0.3) is 0 Å². The van der Waals surface area contributed by atoms with Gasteiger partial charge in [0.15, 0.2) is 11.5 Å². The Morgan fingerprint density at radius 1 is 1.19 bits per heavy atom. The molecule has 142 valence electrons. The molecule has 2 aromatic rings. The maximum atomic E-state index is 10.1. The molecular weight excluding hydrogens is 342 g/mol. The molecule has 27 heavy (non-hydrogen) atoms. The molecule has 6 nitrogen and oxygen atoms in total. The summed E-state index contributed by atoms with van der Waals surface area (Å²) in [5.41, 5.74) is 2.64. The Hall–Kier alpha value is -3.02. The van der Waals surface area contributed by atoms with E-state index < -0.39 is 0 Å². The Morgan fingerprint density at radius 2 is 1.93 bits per heavy atom. The number of para-hydroxylation sites is 1. The van der Waals surface area contributed by atoms with Gasteiger partial charge < -0.3 is 14.6 Å². The molecule has 3 rings (SSSR count). The molecule has 0 saturated heterocycles. The summed E-state index contributed by atoms with van der Waals surface area (Å²) in [6.45, 7) is 2.71. The Balaban J connectivity index is 1.68. The number of nitrogens with zero attached hydrogens (tertiary/aromatic N) is 2. The van der Waals surface area contributed by atoms with E-state index in [1.807, 2.05) is 30.3 Å². The van der Waals surface area contributed by atoms with E-state index in [1.54, 1.807) is 31.4 Å². The van der Waals surface area contributed by atoms with Crippen LogP contribution in [0.1, 0.15) is 24.5 Å². The molecule has 1 unspecified atom stereocenters. The van der Waals surface area contributed by atoms with E-state index in [2.05, 4.69) is 12.0 Å². The fraction of sp³-hybridized carbons (Fsp3) is 0.333. The second-order valence-electron chi connectivity index (χ2n) is 6.62. The van der Waals surface area contributed by atoms with Gasteiger partial charge in [-0.3, -0.25) is 10.4 Å². The minimum Gasteiger partial charge on any atom is -0.507 e. The first-order valence-electron chi connectivity index (χ1n) is 8.96. The predicted molar refractivity (Wildman–Crippen MR) is 106 cm³/mol. The lowest BCUT2D eigenvalue weighted by atomic mass is 9.98. The van der Waals surface area contributed by atoms with Crippen LogP contribution in [0, 0.1) is 11.3 Å². The summed E-state index contributed by atoms with van der Waals surface area (Å²) in [4.78, 5) is 0. The van der Waals surface area contributed by atoms with Gasteiger partial charge in [0.05, 0.1) is 26.5 Å². The van der Waals surface area contributed by atoms with E-state index in [1.165, 1.54) is 0 Å². The normalized spacial score (nSPS) is 16.2. The summed E-state index contributed by atoms with van der Waals surface area (Å²) in [7, 11) is 3.23. The first-order chi connectivity index (χ1) is 13.0. The number of hydrogen-bond acceptors (Lipinski definition) is 5. The number of ether oxygens (including phenoxy) is 2. The SMILES string of the molecule is COc1ccc(CCC(=N)N2CC(C)C(c3ccccc3O)=N2)cc1OC. The van der Waals surface area contributed by atoms with Crippen molar-refractivity contribution in [3.05, 3.63) is 53.6 Å². The Labute approximate surface area is 159 Å². The minimum atomic E-state index is 0.153. The monoisotopic (exact) mass is 367 g/mol. The summed E-state index contributed by atoms with van der Waals surface area (Å²) in [6, 6.07) is 13.0. The van der Waals surface area contributed by atoms with Crippen LogP contribution in [0.2, 0.25) is 0 Å². The lowest BCUT2D eigenvalue weighted by Crippen LogP contribution is -2.25. The second-order valence-corrected chi connectivity index (χ2v) is 6.62. The number of nitrogens with one attached hydrogen (secondary N) is 1. The third-order valence-corrected chi connectivity index (χ3v) is 4.73. The number of aryl methyl sites for hydroxylation is 1. The summed E-state index contributed by atoms with van der Waals surface area (Å²) < 4.78 is 10.6. The first-order valence-corrected chi connectivity index (χ1v) is 8.96. The van der Waals surface area contributed by atoms with Crippen LogP contribution in [-0.4, -0.2) is 42.4 Å². The molecule has 0 aromatic heterocycles. The number of phenolic OH excluding ortho intramolecular Hbond substituents is 1. The molecule has 2 aromatic carbocycles. The van der Waals surface area contributed by atoms with Crippen LogP contribution < -0.4 is 9.47 Å². The van der Waals surface area contributed by atoms with Gasteiger partial charge in [0.25, 0.3) is 0 Å². The van der Waals surface area contributed by atoms with Gasteiger partial charge in [0.2, 0.25) is 0 Å². The summed E-state index contributed by atoms with van der Waals surface area (Å²) in [5, 5.41) is 24.8. The van der Waals surface area contributed by atoms with Gasteiger partial charge >= 0.3 is 0 Å². The van der Waals surface area contributed by atoms with E-state index in [-0.39, 0.29) is 11.7 Å². The summed E-state index contributed by atoms with van der Waals surface area (Å²) >= 11 is 0. The standard InChI is InChI=1S/C21H25N3O3/c1-14-13-24(23-21(14)16-6-4-5-7-17(16)25)20(22)11-9-15-8-10-18(26-2)19(12-15)27-3/h4-8,10,12,14,22,25H,9,11,13H2,1-3H3. The summed E-state index contributed by atoms with van der Waals surface area (Å²) in [6.07, 6.45) is 1.28. The minimum absolute atomic E-state index is 0.153. The third-order valence-electron chi connectivity index (χ3n) is 4.73. The second kappa shape index (κ2) is 8.12. The van der Waals surface area contributed by atoms with Gasteiger partial charge in [-0.1, -0.05) is 25.1 Å². The average Bonchev–Trinajstić information content (AvgIpc) is 3.07. The highest BCUT2D eigenvalue weighted by molar-refractivity contribution is 6.06. The van der Waals surface area contributed by atoms with Crippen molar-refractivity contribution >= 4 is 11.5 Å². The molecule has 1 atom stereocenters. The van der Waals surface area contributed by atoms with Crippen LogP contribution in [0.15, 0.2) is 47.6 Å². The molecule has 0 spiro atoms. The Bertz CT molecular complexity index is 864. The zero-order chi connectivity index (χ0) is 19.4. The number of amidine groups is 1. The van der Waals surface area contributed by atoms with Crippen LogP contribution >= 0.6 is 0 Å². The fourth-order valence-electron chi connectivity index (χ4n) is 3.22. The quantitative estimate of drug-likeness (QED) is 0.603. The van der Waals surface area contributed by atoms with Crippen LogP contribution in [0.4, 0.5) is 0 Å². The van der Waals surface area contributed by atoms with Crippen molar-refractivity contribution in [1.29, 1.82) is 5.41 Å². The van der Waals surface area contributed by atoms with Crippen molar-refractivity contribution in [2.24, 2.45) is 11.0 Å². The highest BCUT2D eigenvalue weighted by Gasteiger charge is 2.27. The molecule has 0 amide bonds. The highest BCUT2D eigenvalue weighted by atomic mass is 16.5. The molecule has 1 aliphatic rings. The molecule has 0 saturated carbocycles. The number of hydrazone groups is 1. The lowest BCUT2D eigenvalue weighted by molar-refractivity contribution is 0.354. The van der Waals surface area contributed by atoms with Gasteiger partial charge in [-0.25, -0.2) is 0 Å². The molecule has 6 heteroatoms. The topological polar surface area (TPSA) is 78.1 Å². The third kappa shape index (κ3) is 4.05. The molecular formula is C21H25N3O3. The molecule has 1 heterocycles. The van der Waals surface area contributed by atoms with E-state index in [9.17, 15) is 5.11 Å². The molecule has 2 N–H and O–H groups in total. The lowest BCUT2D eigenvalue weighted by Gasteiger charge is -2.16. The average molecular weight is 367 g/mol.